The summed E-state index contributed by atoms with van der Waals surface area (Å²) in [5.74, 6) is 0.616. The highest BCUT2D eigenvalue weighted by Crippen LogP contribution is 2.28. The highest BCUT2D eigenvalue weighted by atomic mass is 19.1. The first-order valence-electron chi connectivity index (χ1n) is 7.36. The molecule has 1 aliphatic rings. The third kappa shape index (κ3) is 3.24. The van der Waals surface area contributed by atoms with Crippen molar-refractivity contribution in [1.29, 1.82) is 0 Å². The van der Waals surface area contributed by atoms with Gasteiger partial charge in [-0.25, -0.2) is 4.39 Å². The summed E-state index contributed by atoms with van der Waals surface area (Å²) in [7, 11) is 1.49. The van der Waals surface area contributed by atoms with Gasteiger partial charge in [0.25, 0.3) is 0 Å². The molecule has 1 fully saturated rings. The largest absolute Gasteiger partial charge is 0.494 e. The third-order valence-electron chi connectivity index (χ3n) is 4.17. The molecule has 2 nitrogen and oxygen atoms in total. The maximum absolute atomic E-state index is 13.7. The number of ether oxygens (including phenoxy) is 1. The van der Waals surface area contributed by atoms with E-state index in [1.165, 1.54) is 19.1 Å². The van der Waals surface area contributed by atoms with Gasteiger partial charge in [0.1, 0.15) is 0 Å². The predicted octanol–water partition coefficient (Wildman–Crippen LogP) is 3.82. The molecule has 1 aliphatic heterocycles. The number of nitrogens with zero attached hydrogens (tertiary/aromatic N) is 1. The molecule has 1 atom stereocenters. The average Bonchev–Trinajstić information content (AvgIpc) is 2.97. The number of likely N-dealkylation sites (tertiary alicyclic amines) is 1. The number of hydrogen-bond acceptors (Lipinski definition) is 2. The van der Waals surface area contributed by atoms with E-state index in [1.54, 1.807) is 12.1 Å². The summed E-state index contributed by atoms with van der Waals surface area (Å²) in [5, 5.41) is 0. The fourth-order valence-corrected chi connectivity index (χ4v) is 3.04. The topological polar surface area (TPSA) is 12.5 Å². The second kappa shape index (κ2) is 6.27. The van der Waals surface area contributed by atoms with E-state index >= 15 is 0 Å². The molecule has 0 aliphatic carbocycles. The first-order chi connectivity index (χ1) is 10.3. The van der Waals surface area contributed by atoms with Crippen molar-refractivity contribution in [2.24, 2.45) is 0 Å². The maximum atomic E-state index is 13.7. The monoisotopic (exact) mass is 285 g/mol. The average molecular weight is 285 g/mol. The van der Waals surface area contributed by atoms with Crippen LogP contribution in [0.2, 0.25) is 0 Å². The molecule has 0 spiro atoms. The van der Waals surface area contributed by atoms with Crippen LogP contribution in [0.4, 0.5) is 4.39 Å². The molecule has 0 N–H and O–H groups in total. The van der Waals surface area contributed by atoms with Crippen molar-refractivity contribution in [3.63, 3.8) is 0 Å². The van der Waals surface area contributed by atoms with Crippen LogP contribution in [0.25, 0.3) is 0 Å². The van der Waals surface area contributed by atoms with E-state index in [-0.39, 0.29) is 5.82 Å². The highest BCUT2D eigenvalue weighted by Gasteiger charge is 2.23. The molecule has 1 saturated heterocycles. The second-order valence-electron chi connectivity index (χ2n) is 5.60. The van der Waals surface area contributed by atoms with Crippen LogP contribution in [0.1, 0.15) is 23.5 Å². The Hall–Kier alpha value is -1.87. The van der Waals surface area contributed by atoms with Crippen LogP contribution < -0.4 is 4.74 Å². The summed E-state index contributed by atoms with van der Waals surface area (Å²) in [5.41, 5.74) is 2.41. The SMILES string of the molecule is COc1ccc(CN2CC[C@@H](c3ccccc3)C2)cc1F. The standard InChI is InChI=1S/C18H20FNO/c1-21-18-8-7-14(11-17(18)19)12-20-10-9-16(13-20)15-5-3-2-4-6-15/h2-8,11,16H,9-10,12-13H2,1H3/t16-/m1/s1. The zero-order valence-electron chi connectivity index (χ0n) is 12.3. The summed E-state index contributed by atoms with van der Waals surface area (Å²) >= 11 is 0. The second-order valence-corrected chi connectivity index (χ2v) is 5.60. The summed E-state index contributed by atoms with van der Waals surface area (Å²) in [6.45, 7) is 2.90. The van der Waals surface area contributed by atoms with Crippen molar-refractivity contribution in [2.75, 3.05) is 20.2 Å². The Labute approximate surface area is 125 Å². The van der Waals surface area contributed by atoms with Gasteiger partial charge in [-0.2, -0.15) is 0 Å². The highest BCUT2D eigenvalue weighted by molar-refractivity contribution is 5.29. The van der Waals surface area contributed by atoms with Gasteiger partial charge in [-0.1, -0.05) is 36.4 Å². The van der Waals surface area contributed by atoms with Crippen molar-refractivity contribution in [3.05, 3.63) is 65.5 Å². The molecular weight excluding hydrogens is 265 g/mol. The maximum Gasteiger partial charge on any atom is 0.165 e. The van der Waals surface area contributed by atoms with Crippen LogP contribution in [-0.2, 0) is 6.54 Å². The number of benzene rings is 2. The quantitative estimate of drug-likeness (QED) is 0.846. The number of halogens is 1. The van der Waals surface area contributed by atoms with Crippen molar-refractivity contribution in [1.82, 2.24) is 4.90 Å². The molecule has 21 heavy (non-hydrogen) atoms. The van der Waals surface area contributed by atoms with Crippen LogP contribution in [0.5, 0.6) is 5.75 Å². The molecule has 0 amide bonds. The molecule has 1 heterocycles. The number of rotatable bonds is 4. The Balaban J connectivity index is 1.63. The van der Waals surface area contributed by atoms with Gasteiger partial charge in [-0.3, -0.25) is 4.90 Å². The van der Waals surface area contributed by atoms with Crippen molar-refractivity contribution in [3.8, 4) is 5.75 Å². The van der Waals surface area contributed by atoms with E-state index < -0.39 is 0 Å². The first kappa shape index (κ1) is 14.1. The third-order valence-corrected chi connectivity index (χ3v) is 4.17. The molecule has 2 aromatic rings. The van der Waals surface area contributed by atoms with Crippen LogP contribution in [0.3, 0.4) is 0 Å². The van der Waals surface area contributed by atoms with Gasteiger partial charge in [0.2, 0.25) is 0 Å². The van der Waals surface area contributed by atoms with Gasteiger partial charge in [-0.15, -0.1) is 0 Å². The van der Waals surface area contributed by atoms with Gasteiger partial charge in [0, 0.05) is 13.1 Å². The first-order valence-corrected chi connectivity index (χ1v) is 7.36. The molecule has 0 saturated carbocycles. The minimum Gasteiger partial charge on any atom is -0.494 e. The molecular formula is C18H20FNO. The normalized spacial score (nSPS) is 18.9. The Morgan fingerprint density at radius 2 is 2.00 bits per heavy atom. The summed E-state index contributed by atoms with van der Waals surface area (Å²) in [6.07, 6.45) is 1.17. The fourth-order valence-electron chi connectivity index (χ4n) is 3.04. The molecule has 2 aromatic carbocycles. The Kier molecular flexibility index (Phi) is 4.20. The summed E-state index contributed by atoms with van der Waals surface area (Å²) in [4.78, 5) is 2.39. The van der Waals surface area contributed by atoms with Gasteiger partial charge in [-0.05, 0) is 42.1 Å². The number of hydrogen-bond donors (Lipinski definition) is 0. The van der Waals surface area contributed by atoms with Crippen molar-refractivity contribution in [2.45, 2.75) is 18.9 Å². The molecule has 3 rings (SSSR count). The smallest absolute Gasteiger partial charge is 0.165 e. The molecule has 3 heteroatoms. The lowest BCUT2D eigenvalue weighted by Gasteiger charge is -2.16. The Morgan fingerprint density at radius 3 is 2.71 bits per heavy atom. The summed E-state index contributed by atoms with van der Waals surface area (Å²) < 4.78 is 18.7. The van der Waals surface area contributed by atoms with Crippen LogP contribution in [0, 0.1) is 5.82 Å². The van der Waals surface area contributed by atoms with E-state index in [9.17, 15) is 4.39 Å². The minimum atomic E-state index is -0.284. The van der Waals surface area contributed by atoms with E-state index in [2.05, 4.69) is 35.2 Å². The van der Waals surface area contributed by atoms with E-state index in [0.29, 0.717) is 11.7 Å². The van der Waals surface area contributed by atoms with E-state index in [1.807, 2.05) is 6.07 Å². The van der Waals surface area contributed by atoms with Crippen molar-refractivity contribution >= 4 is 0 Å². The molecule has 0 bridgehead atoms. The molecule has 0 aromatic heterocycles. The fraction of sp³-hybridized carbons (Fsp3) is 0.333. The van der Waals surface area contributed by atoms with Gasteiger partial charge in [0.05, 0.1) is 7.11 Å². The lowest BCUT2D eigenvalue weighted by atomic mass is 9.99. The van der Waals surface area contributed by atoms with Gasteiger partial charge < -0.3 is 4.74 Å². The summed E-state index contributed by atoms with van der Waals surface area (Å²) in [6, 6.07) is 15.9. The lowest BCUT2D eigenvalue weighted by molar-refractivity contribution is 0.325. The lowest BCUT2D eigenvalue weighted by Crippen LogP contribution is -2.19. The molecule has 0 radical (unpaired) electrons. The molecule has 0 unspecified atom stereocenters. The van der Waals surface area contributed by atoms with E-state index in [4.69, 9.17) is 4.74 Å². The van der Waals surface area contributed by atoms with Gasteiger partial charge >= 0.3 is 0 Å². The zero-order valence-corrected chi connectivity index (χ0v) is 12.3. The predicted molar refractivity (Wildman–Crippen MR) is 82.0 cm³/mol. The van der Waals surface area contributed by atoms with Crippen LogP contribution >= 0.6 is 0 Å². The number of methoxy groups -OCH3 is 1. The van der Waals surface area contributed by atoms with E-state index in [0.717, 1.165) is 25.2 Å². The Bertz CT molecular complexity index is 599. The van der Waals surface area contributed by atoms with Gasteiger partial charge in [0.15, 0.2) is 11.6 Å². The zero-order chi connectivity index (χ0) is 14.7. The van der Waals surface area contributed by atoms with Crippen LogP contribution in [-0.4, -0.2) is 25.1 Å². The van der Waals surface area contributed by atoms with Crippen LogP contribution in [0.15, 0.2) is 48.5 Å². The van der Waals surface area contributed by atoms with Crippen molar-refractivity contribution < 1.29 is 9.13 Å². The molecule has 110 valence electrons. The Morgan fingerprint density at radius 1 is 1.19 bits per heavy atom. The minimum absolute atomic E-state index is 0.284.